The highest BCUT2D eigenvalue weighted by molar-refractivity contribution is 9.09. The number of aromatic nitrogens is 1. The number of ether oxygens (including phenoxy) is 1. The van der Waals surface area contributed by atoms with Crippen LogP contribution in [0.25, 0.3) is 0 Å². The molecule has 1 unspecified atom stereocenters. The first-order valence-electron chi connectivity index (χ1n) is 6.54. The normalized spacial score (nSPS) is 12.8. The Bertz CT molecular complexity index is 390. The minimum Gasteiger partial charge on any atom is -0.496 e. The number of methoxy groups -OCH3 is 1. The van der Waals surface area contributed by atoms with Gasteiger partial charge in [0.05, 0.1) is 7.11 Å². The van der Waals surface area contributed by atoms with Crippen molar-refractivity contribution in [1.29, 1.82) is 0 Å². The zero-order valence-electron chi connectivity index (χ0n) is 12.1. The van der Waals surface area contributed by atoms with Crippen molar-refractivity contribution >= 4 is 15.9 Å². The molecule has 0 fully saturated rings. The van der Waals surface area contributed by atoms with Crippen LogP contribution in [-0.4, -0.2) is 17.4 Å². The van der Waals surface area contributed by atoms with Crippen molar-refractivity contribution in [3.63, 3.8) is 0 Å². The highest BCUT2D eigenvalue weighted by Crippen LogP contribution is 2.27. The Labute approximate surface area is 119 Å². The minimum absolute atomic E-state index is 0.642. The van der Waals surface area contributed by atoms with E-state index in [0.29, 0.717) is 5.92 Å². The zero-order valence-corrected chi connectivity index (χ0v) is 13.7. The second kappa shape index (κ2) is 7.13. The first-order chi connectivity index (χ1) is 8.49. The van der Waals surface area contributed by atoms with Crippen molar-refractivity contribution in [2.75, 3.05) is 12.4 Å². The number of alkyl halides is 1. The van der Waals surface area contributed by atoms with Gasteiger partial charge in [-0.05, 0) is 38.5 Å². The van der Waals surface area contributed by atoms with E-state index in [0.717, 1.165) is 29.0 Å². The summed E-state index contributed by atoms with van der Waals surface area (Å²) in [4.78, 5) is 4.58. The predicted octanol–water partition coefficient (Wildman–Crippen LogP) is 4.31. The second-order valence-electron chi connectivity index (χ2n) is 5.40. The van der Waals surface area contributed by atoms with Crippen LogP contribution in [0.3, 0.4) is 0 Å². The summed E-state index contributed by atoms with van der Waals surface area (Å²) < 4.78 is 5.46. The maximum atomic E-state index is 5.46. The van der Waals surface area contributed by atoms with Crippen molar-refractivity contribution in [3.05, 3.63) is 23.0 Å². The third kappa shape index (κ3) is 3.98. The Morgan fingerprint density at radius 3 is 2.50 bits per heavy atom. The SMILES string of the molecule is COc1c(C)cnc(CC(CBr)CC(C)C)c1C. The van der Waals surface area contributed by atoms with Crippen LogP contribution in [-0.2, 0) is 6.42 Å². The lowest BCUT2D eigenvalue weighted by Gasteiger charge is -2.18. The summed E-state index contributed by atoms with van der Waals surface area (Å²) in [7, 11) is 1.73. The Balaban J connectivity index is 2.90. The molecule has 0 aliphatic carbocycles. The lowest BCUT2D eigenvalue weighted by Crippen LogP contribution is -2.12. The number of halogens is 1. The number of rotatable bonds is 6. The Morgan fingerprint density at radius 2 is 2.00 bits per heavy atom. The monoisotopic (exact) mass is 313 g/mol. The van der Waals surface area contributed by atoms with Gasteiger partial charge in [0.1, 0.15) is 5.75 Å². The third-order valence-corrected chi connectivity index (χ3v) is 4.17. The molecule has 0 aliphatic heterocycles. The summed E-state index contributed by atoms with van der Waals surface area (Å²) in [6.45, 7) is 8.69. The maximum Gasteiger partial charge on any atom is 0.128 e. The van der Waals surface area contributed by atoms with E-state index in [1.165, 1.54) is 17.7 Å². The molecular formula is C15H24BrNO. The van der Waals surface area contributed by atoms with E-state index in [1.807, 2.05) is 13.1 Å². The topological polar surface area (TPSA) is 22.1 Å². The number of nitrogens with zero attached hydrogens (tertiary/aromatic N) is 1. The highest BCUT2D eigenvalue weighted by atomic mass is 79.9. The smallest absolute Gasteiger partial charge is 0.128 e. The molecule has 0 bridgehead atoms. The molecule has 102 valence electrons. The first-order valence-corrected chi connectivity index (χ1v) is 7.66. The number of hydrogen-bond acceptors (Lipinski definition) is 2. The zero-order chi connectivity index (χ0) is 13.7. The molecule has 1 atom stereocenters. The highest BCUT2D eigenvalue weighted by Gasteiger charge is 2.15. The first kappa shape index (κ1) is 15.5. The molecule has 0 N–H and O–H groups in total. The molecule has 1 aromatic rings. The largest absolute Gasteiger partial charge is 0.496 e. The van der Waals surface area contributed by atoms with Crippen LogP contribution in [0.15, 0.2) is 6.20 Å². The van der Waals surface area contributed by atoms with Crippen LogP contribution in [0.4, 0.5) is 0 Å². The lowest BCUT2D eigenvalue weighted by molar-refractivity contribution is 0.403. The fourth-order valence-corrected chi connectivity index (χ4v) is 2.91. The summed E-state index contributed by atoms with van der Waals surface area (Å²) >= 11 is 3.62. The van der Waals surface area contributed by atoms with Crippen molar-refractivity contribution in [2.45, 2.75) is 40.5 Å². The maximum absolute atomic E-state index is 5.46. The van der Waals surface area contributed by atoms with Crippen LogP contribution >= 0.6 is 15.9 Å². The second-order valence-corrected chi connectivity index (χ2v) is 6.05. The lowest BCUT2D eigenvalue weighted by atomic mass is 9.93. The van der Waals surface area contributed by atoms with Crippen LogP contribution < -0.4 is 4.74 Å². The van der Waals surface area contributed by atoms with Gasteiger partial charge < -0.3 is 4.74 Å². The van der Waals surface area contributed by atoms with Gasteiger partial charge in [-0.3, -0.25) is 4.98 Å². The van der Waals surface area contributed by atoms with Crippen LogP contribution in [0, 0.1) is 25.7 Å². The summed E-state index contributed by atoms with van der Waals surface area (Å²) in [5.41, 5.74) is 3.47. The van der Waals surface area contributed by atoms with Crippen molar-refractivity contribution in [1.82, 2.24) is 4.98 Å². The van der Waals surface area contributed by atoms with Crippen molar-refractivity contribution < 1.29 is 4.74 Å². The fourth-order valence-electron chi connectivity index (χ4n) is 2.42. The number of aryl methyl sites for hydroxylation is 1. The van der Waals surface area contributed by atoms with Crippen molar-refractivity contribution in [3.8, 4) is 5.75 Å². The van der Waals surface area contributed by atoms with Gasteiger partial charge in [-0.25, -0.2) is 0 Å². The summed E-state index contributed by atoms with van der Waals surface area (Å²) in [5.74, 6) is 2.35. The fraction of sp³-hybridized carbons (Fsp3) is 0.667. The van der Waals surface area contributed by atoms with Gasteiger partial charge in [0.25, 0.3) is 0 Å². The molecule has 2 nitrogen and oxygen atoms in total. The third-order valence-electron chi connectivity index (χ3n) is 3.25. The van der Waals surface area contributed by atoms with E-state index in [4.69, 9.17) is 4.74 Å². The Hall–Kier alpha value is -0.570. The van der Waals surface area contributed by atoms with E-state index in [-0.39, 0.29) is 0 Å². The van der Waals surface area contributed by atoms with E-state index in [9.17, 15) is 0 Å². The molecule has 0 aliphatic rings. The number of pyridine rings is 1. The molecule has 0 saturated heterocycles. The molecule has 1 aromatic heterocycles. The van der Waals surface area contributed by atoms with Crippen LogP contribution in [0.5, 0.6) is 5.75 Å². The van der Waals surface area contributed by atoms with Crippen LogP contribution in [0.1, 0.15) is 37.1 Å². The minimum atomic E-state index is 0.642. The van der Waals surface area contributed by atoms with E-state index in [2.05, 4.69) is 41.7 Å². The quantitative estimate of drug-likeness (QED) is 0.730. The Kier molecular flexibility index (Phi) is 6.13. The summed E-state index contributed by atoms with van der Waals surface area (Å²) in [5, 5.41) is 1.03. The van der Waals surface area contributed by atoms with E-state index < -0.39 is 0 Å². The van der Waals surface area contributed by atoms with Crippen molar-refractivity contribution in [2.24, 2.45) is 11.8 Å². The van der Waals surface area contributed by atoms with Gasteiger partial charge in [-0.2, -0.15) is 0 Å². The standard InChI is InChI=1S/C15H24BrNO/c1-10(2)6-13(8-16)7-14-12(4)15(18-5)11(3)9-17-14/h9-10,13H,6-8H2,1-5H3. The molecule has 0 radical (unpaired) electrons. The van der Waals surface area contributed by atoms with Crippen LogP contribution in [0.2, 0.25) is 0 Å². The summed E-state index contributed by atoms with van der Waals surface area (Å²) in [6, 6.07) is 0. The molecule has 0 saturated carbocycles. The van der Waals surface area contributed by atoms with Gasteiger partial charge in [0, 0.05) is 28.3 Å². The molecule has 0 spiro atoms. The van der Waals surface area contributed by atoms with E-state index in [1.54, 1.807) is 7.11 Å². The van der Waals surface area contributed by atoms with Gasteiger partial charge in [-0.1, -0.05) is 29.8 Å². The average Bonchev–Trinajstić information content (AvgIpc) is 2.31. The summed E-state index contributed by atoms with van der Waals surface area (Å²) in [6.07, 6.45) is 4.16. The molecule has 0 amide bonds. The van der Waals surface area contributed by atoms with E-state index >= 15 is 0 Å². The molecule has 18 heavy (non-hydrogen) atoms. The average molecular weight is 314 g/mol. The van der Waals surface area contributed by atoms with Gasteiger partial charge in [-0.15, -0.1) is 0 Å². The molecular weight excluding hydrogens is 290 g/mol. The predicted molar refractivity (Wildman–Crippen MR) is 80.7 cm³/mol. The molecule has 1 rings (SSSR count). The van der Waals surface area contributed by atoms with Gasteiger partial charge in [0.15, 0.2) is 0 Å². The Morgan fingerprint density at radius 1 is 1.33 bits per heavy atom. The number of hydrogen-bond donors (Lipinski definition) is 0. The van der Waals surface area contributed by atoms with Gasteiger partial charge >= 0.3 is 0 Å². The van der Waals surface area contributed by atoms with Gasteiger partial charge in [0.2, 0.25) is 0 Å². The molecule has 1 heterocycles. The molecule has 3 heteroatoms. The molecule has 0 aromatic carbocycles.